The van der Waals surface area contributed by atoms with Crippen LogP contribution in [0.25, 0.3) is 22.1 Å². The molecule has 1 saturated heterocycles. The number of methoxy groups -OCH3 is 1. The first kappa shape index (κ1) is 20.0. The van der Waals surface area contributed by atoms with E-state index in [2.05, 4.69) is 20.6 Å². The minimum Gasteiger partial charge on any atom is -0.381 e. The van der Waals surface area contributed by atoms with Crippen LogP contribution >= 0.6 is 0 Å². The molecule has 31 heavy (non-hydrogen) atoms. The van der Waals surface area contributed by atoms with Crippen molar-refractivity contribution in [2.75, 3.05) is 20.2 Å². The number of aromatic amines is 1. The lowest BCUT2D eigenvalue weighted by atomic mass is 9.84. The highest BCUT2D eigenvalue weighted by Gasteiger charge is 2.32. The van der Waals surface area contributed by atoms with Gasteiger partial charge in [0.25, 0.3) is 5.91 Å². The fourth-order valence-corrected chi connectivity index (χ4v) is 5.27. The predicted octanol–water partition coefficient (Wildman–Crippen LogP) is 3.81. The Morgan fingerprint density at radius 1 is 1.26 bits per heavy atom. The summed E-state index contributed by atoms with van der Waals surface area (Å²) in [5.74, 6) is 0.968. The number of piperidine rings is 1. The number of fused-ring (bicyclic) bond motifs is 3. The fourth-order valence-electron chi connectivity index (χ4n) is 5.27. The summed E-state index contributed by atoms with van der Waals surface area (Å²) in [6.07, 6.45) is 10.1. The van der Waals surface area contributed by atoms with E-state index in [1.165, 1.54) is 0 Å². The number of amides is 1. The normalized spacial score (nSPS) is 22.8. The summed E-state index contributed by atoms with van der Waals surface area (Å²) in [7, 11) is 1.74. The van der Waals surface area contributed by atoms with Crippen molar-refractivity contribution in [1.29, 1.82) is 5.26 Å². The lowest BCUT2D eigenvalue weighted by Gasteiger charge is -2.33. The van der Waals surface area contributed by atoms with Crippen molar-refractivity contribution in [2.24, 2.45) is 5.92 Å². The van der Waals surface area contributed by atoms with Crippen LogP contribution in [0.3, 0.4) is 0 Å². The number of ether oxygens (including phenoxy) is 1. The molecule has 5 rings (SSSR count). The second kappa shape index (κ2) is 8.31. The Balaban J connectivity index is 1.54. The van der Waals surface area contributed by atoms with Crippen LogP contribution in [0.4, 0.5) is 0 Å². The van der Waals surface area contributed by atoms with Crippen molar-refractivity contribution < 1.29 is 9.53 Å². The van der Waals surface area contributed by atoms with Gasteiger partial charge in [0.05, 0.1) is 23.9 Å². The summed E-state index contributed by atoms with van der Waals surface area (Å²) in [6, 6.07) is 4.54. The smallest absolute Gasteiger partial charge is 0.289 e. The highest BCUT2D eigenvalue weighted by molar-refractivity contribution is 6.04. The lowest BCUT2D eigenvalue weighted by molar-refractivity contribution is 0.0340. The molecule has 1 aliphatic heterocycles. The molecule has 8 heteroatoms. The van der Waals surface area contributed by atoms with E-state index in [0.29, 0.717) is 31.3 Å². The minimum atomic E-state index is -0.00594. The highest BCUT2D eigenvalue weighted by atomic mass is 16.5. The Bertz CT molecular complexity index is 1130. The SMILES string of the molecule is COC1CCN(C(=O)c2nc3cnc4[nH]ccc4c3n2[C@H]2CC[C@H](CC#N)CC2)CC1. The van der Waals surface area contributed by atoms with Gasteiger partial charge in [-0.15, -0.1) is 0 Å². The van der Waals surface area contributed by atoms with Gasteiger partial charge in [0, 0.05) is 44.2 Å². The number of nitriles is 1. The number of rotatable bonds is 4. The van der Waals surface area contributed by atoms with Crippen molar-refractivity contribution in [2.45, 2.75) is 57.1 Å². The Morgan fingerprint density at radius 2 is 2.03 bits per heavy atom. The number of aromatic nitrogens is 4. The highest BCUT2D eigenvalue weighted by Crippen LogP contribution is 2.38. The Hall–Kier alpha value is -2.92. The van der Waals surface area contributed by atoms with E-state index in [0.717, 1.165) is 60.6 Å². The van der Waals surface area contributed by atoms with Crippen LogP contribution in [-0.4, -0.2) is 56.6 Å². The maximum absolute atomic E-state index is 13.6. The third-order valence-electron chi connectivity index (χ3n) is 7.05. The van der Waals surface area contributed by atoms with Gasteiger partial charge in [-0.1, -0.05) is 0 Å². The van der Waals surface area contributed by atoms with Crippen LogP contribution in [0, 0.1) is 17.2 Å². The van der Waals surface area contributed by atoms with Gasteiger partial charge in [-0.2, -0.15) is 5.26 Å². The molecule has 1 saturated carbocycles. The molecule has 2 aliphatic rings. The van der Waals surface area contributed by atoms with Gasteiger partial charge < -0.3 is 19.2 Å². The zero-order valence-corrected chi connectivity index (χ0v) is 17.9. The van der Waals surface area contributed by atoms with Crippen molar-refractivity contribution >= 4 is 28.0 Å². The van der Waals surface area contributed by atoms with Gasteiger partial charge in [0.2, 0.25) is 5.82 Å². The lowest BCUT2D eigenvalue weighted by Crippen LogP contribution is -2.42. The number of imidazole rings is 1. The Labute approximate surface area is 181 Å². The summed E-state index contributed by atoms with van der Waals surface area (Å²) in [4.78, 5) is 28.0. The van der Waals surface area contributed by atoms with E-state index in [4.69, 9.17) is 15.0 Å². The summed E-state index contributed by atoms with van der Waals surface area (Å²) in [5, 5.41) is 10.1. The summed E-state index contributed by atoms with van der Waals surface area (Å²) in [5.41, 5.74) is 2.57. The van der Waals surface area contributed by atoms with Gasteiger partial charge in [0.15, 0.2) is 0 Å². The number of nitrogens with zero attached hydrogens (tertiary/aromatic N) is 5. The quantitative estimate of drug-likeness (QED) is 0.692. The van der Waals surface area contributed by atoms with Crippen LogP contribution in [0.15, 0.2) is 18.5 Å². The third kappa shape index (κ3) is 3.57. The van der Waals surface area contributed by atoms with Gasteiger partial charge >= 0.3 is 0 Å². The van der Waals surface area contributed by atoms with Crippen LogP contribution in [0.1, 0.15) is 61.6 Å². The molecule has 162 valence electrons. The molecular formula is C23H28N6O2. The molecule has 1 N–H and O–H groups in total. The molecule has 3 aromatic heterocycles. The van der Waals surface area contributed by atoms with E-state index in [-0.39, 0.29) is 18.1 Å². The molecule has 0 aromatic carbocycles. The number of carbonyl (C=O) groups excluding carboxylic acids is 1. The monoisotopic (exact) mass is 420 g/mol. The Kier molecular flexibility index (Phi) is 5.36. The van der Waals surface area contributed by atoms with Crippen LogP contribution in [0.2, 0.25) is 0 Å². The molecule has 1 amide bonds. The molecule has 0 radical (unpaired) electrons. The first-order valence-electron chi connectivity index (χ1n) is 11.2. The van der Waals surface area contributed by atoms with Crippen molar-refractivity contribution in [3.8, 4) is 6.07 Å². The molecule has 8 nitrogen and oxygen atoms in total. The van der Waals surface area contributed by atoms with Gasteiger partial charge in [-0.3, -0.25) is 4.79 Å². The zero-order valence-electron chi connectivity index (χ0n) is 17.9. The molecule has 0 unspecified atom stereocenters. The molecule has 0 bridgehead atoms. The van der Waals surface area contributed by atoms with E-state index in [1.54, 1.807) is 13.3 Å². The number of pyridine rings is 1. The maximum atomic E-state index is 13.6. The van der Waals surface area contributed by atoms with Gasteiger partial charge in [-0.25, -0.2) is 9.97 Å². The second-order valence-corrected chi connectivity index (χ2v) is 8.80. The molecule has 0 atom stereocenters. The van der Waals surface area contributed by atoms with Crippen molar-refractivity contribution in [3.63, 3.8) is 0 Å². The average molecular weight is 421 g/mol. The zero-order chi connectivity index (χ0) is 21.4. The number of carbonyl (C=O) groups is 1. The van der Waals surface area contributed by atoms with E-state index < -0.39 is 0 Å². The summed E-state index contributed by atoms with van der Waals surface area (Å²) < 4.78 is 7.65. The molecule has 3 aromatic rings. The number of hydrogen-bond acceptors (Lipinski definition) is 5. The van der Waals surface area contributed by atoms with Gasteiger partial charge in [0.1, 0.15) is 11.2 Å². The van der Waals surface area contributed by atoms with Gasteiger partial charge in [-0.05, 0) is 50.5 Å². The number of hydrogen-bond donors (Lipinski definition) is 1. The number of nitrogens with one attached hydrogen (secondary N) is 1. The molecule has 2 fully saturated rings. The topological polar surface area (TPSA) is 99.8 Å². The number of H-pyrrole nitrogens is 1. The van der Waals surface area contributed by atoms with Crippen molar-refractivity contribution in [1.82, 2.24) is 24.4 Å². The second-order valence-electron chi connectivity index (χ2n) is 8.80. The summed E-state index contributed by atoms with van der Waals surface area (Å²) in [6.45, 7) is 1.38. The third-order valence-corrected chi connectivity index (χ3v) is 7.05. The van der Waals surface area contributed by atoms with E-state index in [1.807, 2.05) is 17.2 Å². The predicted molar refractivity (Wildman–Crippen MR) is 117 cm³/mol. The van der Waals surface area contributed by atoms with Crippen LogP contribution < -0.4 is 0 Å². The van der Waals surface area contributed by atoms with Crippen LogP contribution in [0.5, 0.6) is 0 Å². The van der Waals surface area contributed by atoms with Crippen LogP contribution in [-0.2, 0) is 4.74 Å². The largest absolute Gasteiger partial charge is 0.381 e. The minimum absolute atomic E-state index is 0.00594. The average Bonchev–Trinajstić information content (AvgIpc) is 3.44. The molecular weight excluding hydrogens is 392 g/mol. The van der Waals surface area contributed by atoms with Crippen molar-refractivity contribution in [3.05, 3.63) is 24.3 Å². The summed E-state index contributed by atoms with van der Waals surface area (Å²) >= 11 is 0. The maximum Gasteiger partial charge on any atom is 0.289 e. The standard InChI is InChI=1S/C23H28N6O2/c1-31-17-8-12-28(13-9-17)23(30)22-27-19-14-26-21-18(7-11-25-21)20(19)29(22)16-4-2-15(3-5-16)6-10-24/h7,11,14-17H,2-6,8-9,12-13H2,1H3,(H,25,26)/t15-,16-. The molecule has 1 aliphatic carbocycles. The number of likely N-dealkylation sites (tertiary alicyclic amines) is 1. The molecule has 0 spiro atoms. The Morgan fingerprint density at radius 3 is 2.74 bits per heavy atom. The first-order chi connectivity index (χ1) is 15.2. The molecule has 4 heterocycles. The first-order valence-corrected chi connectivity index (χ1v) is 11.2. The van der Waals surface area contributed by atoms with E-state index in [9.17, 15) is 4.79 Å². The van der Waals surface area contributed by atoms with E-state index >= 15 is 0 Å². The fraction of sp³-hybridized carbons (Fsp3) is 0.565.